The quantitative estimate of drug-likeness (QED) is 0.594. The van der Waals surface area contributed by atoms with Crippen LogP contribution in [0.3, 0.4) is 0 Å². The summed E-state index contributed by atoms with van der Waals surface area (Å²) in [5.41, 5.74) is 5.52. The topological polar surface area (TPSA) is 26.0 Å². The summed E-state index contributed by atoms with van der Waals surface area (Å²) in [5, 5.41) is 0. The Labute approximate surface area is 81.5 Å². The standard InChI is InChI=1S/C10H23NS/c1-3-4-5-6-7-12-9-10(2)8-11/h10H,3-9,11H2,1-2H3. The van der Waals surface area contributed by atoms with Gasteiger partial charge in [-0.3, -0.25) is 0 Å². The summed E-state index contributed by atoms with van der Waals surface area (Å²) in [6, 6.07) is 0. The fraction of sp³-hybridized carbons (Fsp3) is 1.00. The van der Waals surface area contributed by atoms with Gasteiger partial charge in [0, 0.05) is 0 Å². The zero-order valence-corrected chi connectivity index (χ0v) is 9.33. The molecule has 0 heterocycles. The highest BCUT2D eigenvalue weighted by Crippen LogP contribution is 2.10. The zero-order valence-electron chi connectivity index (χ0n) is 8.51. The molecule has 0 aromatic rings. The monoisotopic (exact) mass is 189 g/mol. The SMILES string of the molecule is CCCCCCSCC(C)CN. The highest BCUT2D eigenvalue weighted by atomic mass is 32.2. The molecule has 12 heavy (non-hydrogen) atoms. The van der Waals surface area contributed by atoms with E-state index >= 15 is 0 Å². The van der Waals surface area contributed by atoms with Crippen LogP contribution in [0, 0.1) is 5.92 Å². The van der Waals surface area contributed by atoms with E-state index in [4.69, 9.17) is 5.73 Å². The van der Waals surface area contributed by atoms with Crippen molar-refractivity contribution in [2.75, 3.05) is 18.1 Å². The molecule has 0 aromatic heterocycles. The number of thioether (sulfide) groups is 1. The minimum Gasteiger partial charge on any atom is -0.330 e. The van der Waals surface area contributed by atoms with Crippen molar-refractivity contribution in [1.82, 2.24) is 0 Å². The number of rotatable bonds is 8. The molecule has 0 fully saturated rings. The zero-order chi connectivity index (χ0) is 9.23. The Balaban J connectivity index is 2.90. The maximum absolute atomic E-state index is 5.52. The van der Waals surface area contributed by atoms with E-state index in [-0.39, 0.29) is 0 Å². The van der Waals surface area contributed by atoms with Crippen molar-refractivity contribution in [2.45, 2.75) is 39.5 Å². The molecule has 0 aromatic carbocycles. The molecule has 0 spiro atoms. The summed E-state index contributed by atoms with van der Waals surface area (Å²) in [7, 11) is 0. The van der Waals surface area contributed by atoms with Crippen LogP contribution in [0.15, 0.2) is 0 Å². The first-order valence-corrected chi connectivity index (χ1v) is 6.24. The van der Waals surface area contributed by atoms with Crippen molar-refractivity contribution in [2.24, 2.45) is 11.7 Å². The third-order valence-electron chi connectivity index (χ3n) is 1.95. The van der Waals surface area contributed by atoms with Crippen LogP contribution < -0.4 is 5.73 Å². The maximum atomic E-state index is 5.52. The van der Waals surface area contributed by atoms with Gasteiger partial charge in [0.25, 0.3) is 0 Å². The summed E-state index contributed by atoms with van der Waals surface area (Å²) in [4.78, 5) is 0. The van der Waals surface area contributed by atoms with E-state index < -0.39 is 0 Å². The molecule has 0 bridgehead atoms. The average Bonchev–Trinajstić information content (AvgIpc) is 2.10. The smallest absolute Gasteiger partial charge is 0.00297 e. The summed E-state index contributed by atoms with van der Waals surface area (Å²) < 4.78 is 0. The first-order valence-electron chi connectivity index (χ1n) is 5.09. The minimum absolute atomic E-state index is 0.696. The molecule has 0 radical (unpaired) electrons. The van der Waals surface area contributed by atoms with Gasteiger partial charge in [-0.2, -0.15) is 11.8 Å². The number of hydrogen-bond donors (Lipinski definition) is 1. The van der Waals surface area contributed by atoms with Crippen LogP contribution in [-0.2, 0) is 0 Å². The van der Waals surface area contributed by atoms with Crippen molar-refractivity contribution in [3.05, 3.63) is 0 Å². The van der Waals surface area contributed by atoms with Gasteiger partial charge in [-0.1, -0.05) is 33.1 Å². The van der Waals surface area contributed by atoms with E-state index in [2.05, 4.69) is 25.6 Å². The third kappa shape index (κ3) is 8.41. The van der Waals surface area contributed by atoms with E-state index in [0.29, 0.717) is 5.92 Å². The second-order valence-corrected chi connectivity index (χ2v) is 4.63. The van der Waals surface area contributed by atoms with Gasteiger partial charge >= 0.3 is 0 Å². The van der Waals surface area contributed by atoms with E-state index in [9.17, 15) is 0 Å². The van der Waals surface area contributed by atoms with Crippen molar-refractivity contribution in [1.29, 1.82) is 0 Å². The predicted molar refractivity (Wildman–Crippen MR) is 59.7 cm³/mol. The first kappa shape index (κ1) is 12.3. The van der Waals surface area contributed by atoms with Crippen LogP contribution >= 0.6 is 11.8 Å². The average molecular weight is 189 g/mol. The highest BCUT2D eigenvalue weighted by molar-refractivity contribution is 7.99. The third-order valence-corrected chi connectivity index (χ3v) is 3.33. The number of unbranched alkanes of at least 4 members (excludes halogenated alkanes) is 3. The van der Waals surface area contributed by atoms with E-state index in [0.717, 1.165) is 6.54 Å². The molecule has 74 valence electrons. The number of hydrogen-bond acceptors (Lipinski definition) is 2. The van der Waals surface area contributed by atoms with Crippen LogP contribution in [0.1, 0.15) is 39.5 Å². The molecule has 0 rings (SSSR count). The Morgan fingerprint density at radius 3 is 2.58 bits per heavy atom. The van der Waals surface area contributed by atoms with Crippen molar-refractivity contribution in [3.63, 3.8) is 0 Å². The van der Waals surface area contributed by atoms with Crippen LogP contribution in [0.25, 0.3) is 0 Å². The first-order chi connectivity index (χ1) is 5.81. The molecular weight excluding hydrogens is 166 g/mol. The Morgan fingerprint density at radius 1 is 1.25 bits per heavy atom. The van der Waals surface area contributed by atoms with Gasteiger partial charge in [-0.15, -0.1) is 0 Å². The molecule has 0 aliphatic rings. The minimum atomic E-state index is 0.696. The van der Waals surface area contributed by atoms with Crippen molar-refractivity contribution >= 4 is 11.8 Å². The molecule has 2 heteroatoms. The van der Waals surface area contributed by atoms with E-state index in [1.807, 2.05) is 0 Å². The molecule has 0 aliphatic carbocycles. The largest absolute Gasteiger partial charge is 0.330 e. The molecule has 1 atom stereocenters. The molecule has 0 aliphatic heterocycles. The Kier molecular flexibility index (Phi) is 9.64. The van der Waals surface area contributed by atoms with Gasteiger partial charge in [0.05, 0.1) is 0 Å². The summed E-state index contributed by atoms with van der Waals surface area (Å²) >= 11 is 2.06. The lowest BCUT2D eigenvalue weighted by atomic mass is 10.2. The highest BCUT2D eigenvalue weighted by Gasteiger charge is 1.97. The van der Waals surface area contributed by atoms with Crippen LogP contribution in [0.2, 0.25) is 0 Å². The molecular formula is C10H23NS. The van der Waals surface area contributed by atoms with Gasteiger partial charge in [0.1, 0.15) is 0 Å². The van der Waals surface area contributed by atoms with Gasteiger partial charge in [0.15, 0.2) is 0 Å². The predicted octanol–water partition coefficient (Wildman–Crippen LogP) is 2.89. The summed E-state index contributed by atoms with van der Waals surface area (Å²) in [6.45, 7) is 5.31. The number of nitrogens with two attached hydrogens (primary N) is 1. The Hall–Kier alpha value is 0.310. The Bertz CT molecular complexity index is 85.9. The Morgan fingerprint density at radius 2 is 2.00 bits per heavy atom. The van der Waals surface area contributed by atoms with E-state index in [1.54, 1.807) is 0 Å². The van der Waals surface area contributed by atoms with Crippen LogP contribution in [0.4, 0.5) is 0 Å². The second kappa shape index (κ2) is 9.40. The van der Waals surface area contributed by atoms with Crippen molar-refractivity contribution < 1.29 is 0 Å². The van der Waals surface area contributed by atoms with Crippen LogP contribution in [-0.4, -0.2) is 18.1 Å². The molecule has 0 saturated carbocycles. The second-order valence-electron chi connectivity index (χ2n) is 3.48. The molecule has 1 unspecified atom stereocenters. The van der Waals surface area contributed by atoms with Gasteiger partial charge in [0.2, 0.25) is 0 Å². The normalized spacial score (nSPS) is 13.2. The van der Waals surface area contributed by atoms with Gasteiger partial charge < -0.3 is 5.73 Å². The lowest BCUT2D eigenvalue weighted by Gasteiger charge is -2.06. The molecule has 0 amide bonds. The van der Waals surface area contributed by atoms with Crippen LogP contribution in [0.5, 0.6) is 0 Å². The molecule has 2 N–H and O–H groups in total. The summed E-state index contributed by atoms with van der Waals surface area (Å²) in [5.74, 6) is 3.26. The molecule has 1 nitrogen and oxygen atoms in total. The summed E-state index contributed by atoms with van der Waals surface area (Å²) in [6.07, 6.45) is 5.52. The lowest BCUT2D eigenvalue weighted by Crippen LogP contribution is -2.12. The van der Waals surface area contributed by atoms with Crippen molar-refractivity contribution in [3.8, 4) is 0 Å². The lowest BCUT2D eigenvalue weighted by molar-refractivity contribution is 0.672. The fourth-order valence-electron chi connectivity index (χ4n) is 0.983. The maximum Gasteiger partial charge on any atom is -0.00297 e. The van der Waals surface area contributed by atoms with E-state index in [1.165, 1.54) is 37.2 Å². The fourth-order valence-corrected chi connectivity index (χ4v) is 2.10. The van der Waals surface area contributed by atoms with Gasteiger partial charge in [-0.05, 0) is 30.4 Å². The van der Waals surface area contributed by atoms with Gasteiger partial charge in [-0.25, -0.2) is 0 Å². The molecule has 0 saturated heterocycles.